The number of rotatable bonds is 4. The summed E-state index contributed by atoms with van der Waals surface area (Å²) in [5.41, 5.74) is 4.37. The van der Waals surface area contributed by atoms with E-state index in [-0.39, 0.29) is 12.5 Å². The number of nitrogens with one attached hydrogen (secondary N) is 1. The Balaban J connectivity index is 1.47. The second kappa shape index (κ2) is 7.36. The number of nitrogens with zero attached hydrogens (tertiary/aromatic N) is 4. The second-order valence-electron chi connectivity index (χ2n) is 6.30. The molecule has 0 aliphatic heterocycles. The number of fused-ring (bicyclic) bond motifs is 1. The quantitative estimate of drug-likeness (QED) is 0.565. The Bertz CT molecular complexity index is 1190. The second-order valence-corrected chi connectivity index (χ2v) is 6.74. The minimum Gasteiger partial charge on any atom is -0.343 e. The van der Waals surface area contributed by atoms with Crippen LogP contribution in [0.25, 0.3) is 22.4 Å². The van der Waals surface area contributed by atoms with Gasteiger partial charge in [0.1, 0.15) is 0 Å². The highest BCUT2D eigenvalue weighted by Gasteiger charge is 2.12. The van der Waals surface area contributed by atoms with E-state index < -0.39 is 0 Å². The molecule has 0 unspecified atom stereocenters. The smallest absolute Gasteiger partial charge is 0.251 e. The fraction of sp³-hybridized carbons (Fsp3) is 0.150. The standard InChI is InChI=1S/C20H16ClN5O2/c1-11-12(2)24-17-9-14(6-7-16(17)23-11)20(27)22-10-18-25-19(26-28-18)13-4-3-5-15(21)8-13/h3-9H,10H2,1-2H3,(H,22,27). The molecule has 7 nitrogen and oxygen atoms in total. The van der Waals surface area contributed by atoms with Crippen LogP contribution in [0.3, 0.4) is 0 Å². The Labute approximate surface area is 165 Å². The summed E-state index contributed by atoms with van der Waals surface area (Å²) in [6.45, 7) is 3.91. The van der Waals surface area contributed by atoms with E-state index in [4.69, 9.17) is 16.1 Å². The molecule has 2 aromatic carbocycles. The van der Waals surface area contributed by atoms with Gasteiger partial charge in [0.25, 0.3) is 5.91 Å². The van der Waals surface area contributed by atoms with Gasteiger partial charge in [0, 0.05) is 16.1 Å². The Morgan fingerprint density at radius 1 is 1.04 bits per heavy atom. The van der Waals surface area contributed by atoms with Gasteiger partial charge in [0.2, 0.25) is 11.7 Å². The third-order valence-electron chi connectivity index (χ3n) is 4.29. The highest BCUT2D eigenvalue weighted by Crippen LogP contribution is 2.20. The third kappa shape index (κ3) is 3.70. The minimum atomic E-state index is -0.260. The van der Waals surface area contributed by atoms with Crippen LogP contribution in [0.15, 0.2) is 47.0 Å². The largest absolute Gasteiger partial charge is 0.343 e. The van der Waals surface area contributed by atoms with Gasteiger partial charge >= 0.3 is 0 Å². The molecule has 0 saturated carbocycles. The van der Waals surface area contributed by atoms with Crippen LogP contribution in [-0.2, 0) is 6.54 Å². The van der Waals surface area contributed by atoms with E-state index in [1.165, 1.54) is 0 Å². The maximum atomic E-state index is 12.5. The SMILES string of the molecule is Cc1nc2ccc(C(=O)NCc3nc(-c4cccc(Cl)c4)no3)cc2nc1C. The van der Waals surface area contributed by atoms with Gasteiger partial charge in [-0.2, -0.15) is 4.98 Å². The van der Waals surface area contributed by atoms with E-state index in [1.54, 1.807) is 36.4 Å². The lowest BCUT2D eigenvalue weighted by molar-refractivity contribution is 0.0946. The van der Waals surface area contributed by atoms with E-state index in [0.29, 0.717) is 27.8 Å². The Hall–Kier alpha value is -3.32. The van der Waals surface area contributed by atoms with Crippen molar-refractivity contribution in [2.24, 2.45) is 0 Å². The summed E-state index contributed by atoms with van der Waals surface area (Å²) < 4.78 is 5.20. The molecule has 1 N–H and O–H groups in total. The lowest BCUT2D eigenvalue weighted by atomic mass is 10.1. The number of hydrogen-bond donors (Lipinski definition) is 1. The molecule has 0 aliphatic rings. The number of halogens is 1. The summed E-state index contributed by atoms with van der Waals surface area (Å²) in [4.78, 5) is 25.7. The normalized spacial score (nSPS) is 11.0. The van der Waals surface area contributed by atoms with Crippen molar-refractivity contribution in [2.45, 2.75) is 20.4 Å². The maximum Gasteiger partial charge on any atom is 0.251 e. The van der Waals surface area contributed by atoms with Gasteiger partial charge in [0.05, 0.1) is 29.0 Å². The highest BCUT2D eigenvalue weighted by atomic mass is 35.5. The molecule has 0 saturated heterocycles. The van der Waals surface area contributed by atoms with Crippen molar-refractivity contribution in [3.8, 4) is 11.4 Å². The number of aromatic nitrogens is 4. The molecule has 8 heteroatoms. The zero-order valence-corrected chi connectivity index (χ0v) is 16.0. The van der Waals surface area contributed by atoms with Crippen molar-refractivity contribution in [3.05, 3.63) is 70.3 Å². The third-order valence-corrected chi connectivity index (χ3v) is 4.52. The molecule has 0 bridgehead atoms. The minimum absolute atomic E-state index is 0.114. The van der Waals surface area contributed by atoms with Crippen molar-refractivity contribution < 1.29 is 9.32 Å². The molecule has 0 atom stereocenters. The number of carbonyl (C=O) groups is 1. The first-order valence-electron chi connectivity index (χ1n) is 8.61. The zero-order chi connectivity index (χ0) is 19.7. The molecule has 2 aromatic heterocycles. The van der Waals surface area contributed by atoms with Crippen molar-refractivity contribution in [1.29, 1.82) is 0 Å². The Kier molecular flexibility index (Phi) is 4.75. The first-order valence-corrected chi connectivity index (χ1v) is 8.99. The molecule has 28 heavy (non-hydrogen) atoms. The summed E-state index contributed by atoms with van der Waals surface area (Å²) in [6.07, 6.45) is 0. The van der Waals surface area contributed by atoms with Crippen LogP contribution in [0, 0.1) is 13.8 Å². The summed E-state index contributed by atoms with van der Waals surface area (Å²) in [5, 5.41) is 7.28. The van der Waals surface area contributed by atoms with Crippen LogP contribution in [-0.4, -0.2) is 26.0 Å². The number of amides is 1. The van der Waals surface area contributed by atoms with Gasteiger partial charge in [0.15, 0.2) is 0 Å². The van der Waals surface area contributed by atoms with Crippen LogP contribution in [0.5, 0.6) is 0 Å². The molecule has 0 fully saturated rings. The molecule has 0 radical (unpaired) electrons. The average Bonchev–Trinajstić information content (AvgIpc) is 3.16. The molecule has 2 heterocycles. The first-order chi connectivity index (χ1) is 13.5. The van der Waals surface area contributed by atoms with Gasteiger partial charge in [-0.15, -0.1) is 0 Å². The Morgan fingerprint density at radius 2 is 1.82 bits per heavy atom. The topological polar surface area (TPSA) is 93.8 Å². The van der Waals surface area contributed by atoms with E-state index in [1.807, 2.05) is 19.9 Å². The van der Waals surface area contributed by atoms with Crippen LogP contribution in [0.1, 0.15) is 27.6 Å². The maximum absolute atomic E-state index is 12.5. The van der Waals surface area contributed by atoms with Crippen LogP contribution >= 0.6 is 11.6 Å². The summed E-state index contributed by atoms with van der Waals surface area (Å²) >= 11 is 5.98. The van der Waals surface area contributed by atoms with E-state index in [9.17, 15) is 4.79 Å². The summed E-state index contributed by atoms with van der Waals surface area (Å²) in [7, 11) is 0. The van der Waals surface area contributed by atoms with Gasteiger partial charge in [-0.3, -0.25) is 4.79 Å². The van der Waals surface area contributed by atoms with Gasteiger partial charge in [-0.05, 0) is 44.2 Å². The number of benzene rings is 2. The molecule has 0 spiro atoms. The van der Waals surface area contributed by atoms with Gasteiger partial charge < -0.3 is 9.84 Å². The van der Waals surface area contributed by atoms with E-state index >= 15 is 0 Å². The number of carbonyl (C=O) groups excluding carboxylic acids is 1. The van der Waals surface area contributed by atoms with Crippen LogP contribution in [0.4, 0.5) is 0 Å². The van der Waals surface area contributed by atoms with Crippen molar-refractivity contribution in [3.63, 3.8) is 0 Å². The monoisotopic (exact) mass is 393 g/mol. The summed E-state index contributed by atoms with van der Waals surface area (Å²) in [5.74, 6) is 0.457. The molecule has 140 valence electrons. The lowest BCUT2D eigenvalue weighted by Gasteiger charge is -2.05. The van der Waals surface area contributed by atoms with Crippen LogP contribution in [0.2, 0.25) is 5.02 Å². The van der Waals surface area contributed by atoms with Gasteiger partial charge in [-0.25, -0.2) is 9.97 Å². The Morgan fingerprint density at radius 3 is 2.61 bits per heavy atom. The average molecular weight is 394 g/mol. The van der Waals surface area contributed by atoms with Crippen molar-refractivity contribution >= 4 is 28.5 Å². The molecular weight excluding hydrogens is 378 g/mol. The number of aryl methyl sites for hydroxylation is 2. The fourth-order valence-corrected chi connectivity index (χ4v) is 2.89. The van der Waals surface area contributed by atoms with Crippen molar-refractivity contribution in [1.82, 2.24) is 25.4 Å². The van der Waals surface area contributed by atoms with E-state index in [2.05, 4.69) is 25.4 Å². The lowest BCUT2D eigenvalue weighted by Crippen LogP contribution is -2.23. The highest BCUT2D eigenvalue weighted by molar-refractivity contribution is 6.30. The molecule has 0 aliphatic carbocycles. The zero-order valence-electron chi connectivity index (χ0n) is 15.2. The molecule has 4 rings (SSSR count). The van der Waals surface area contributed by atoms with Crippen LogP contribution < -0.4 is 5.32 Å². The molecular formula is C20H16ClN5O2. The van der Waals surface area contributed by atoms with Gasteiger partial charge in [-0.1, -0.05) is 28.9 Å². The fourth-order valence-electron chi connectivity index (χ4n) is 2.70. The predicted octanol–water partition coefficient (Wildman–Crippen LogP) is 3.88. The number of hydrogen-bond acceptors (Lipinski definition) is 6. The molecule has 4 aromatic rings. The van der Waals surface area contributed by atoms with E-state index in [0.717, 1.165) is 22.5 Å². The van der Waals surface area contributed by atoms with Crippen molar-refractivity contribution in [2.75, 3.05) is 0 Å². The summed E-state index contributed by atoms with van der Waals surface area (Å²) in [6, 6.07) is 12.4. The predicted molar refractivity (Wildman–Crippen MR) is 105 cm³/mol. The molecule has 1 amide bonds. The first kappa shape index (κ1) is 18.1.